The molecule has 166 valence electrons. The highest BCUT2D eigenvalue weighted by Crippen LogP contribution is 2.26. The third-order valence-corrected chi connectivity index (χ3v) is 5.27. The van der Waals surface area contributed by atoms with Gasteiger partial charge in [0.2, 0.25) is 0 Å². The molecule has 3 rings (SSSR count). The smallest absolute Gasteiger partial charge is 0.293 e. The van der Waals surface area contributed by atoms with E-state index < -0.39 is 4.92 Å². The van der Waals surface area contributed by atoms with Gasteiger partial charge in [0.1, 0.15) is 5.69 Å². The topological polar surface area (TPSA) is 100.0 Å². The third kappa shape index (κ3) is 6.48. The van der Waals surface area contributed by atoms with Crippen LogP contribution in [0, 0.1) is 10.1 Å². The number of amides is 1. The zero-order chi connectivity index (χ0) is 22.2. The summed E-state index contributed by atoms with van der Waals surface area (Å²) in [5.74, 6) is -0.386. The first-order valence-corrected chi connectivity index (χ1v) is 10.3. The van der Waals surface area contributed by atoms with Gasteiger partial charge in [0.05, 0.1) is 11.5 Å². The summed E-state index contributed by atoms with van der Waals surface area (Å²) in [6.45, 7) is 5.80. The van der Waals surface area contributed by atoms with E-state index >= 15 is 0 Å². The van der Waals surface area contributed by atoms with E-state index in [2.05, 4.69) is 27.5 Å². The first kappa shape index (κ1) is 22.7. The Morgan fingerprint density at radius 1 is 1.16 bits per heavy atom. The van der Waals surface area contributed by atoms with Crippen LogP contribution in [0.1, 0.15) is 15.9 Å². The van der Waals surface area contributed by atoms with Crippen molar-refractivity contribution in [2.24, 2.45) is 0 Å². The van der Waals surface area contributed by atoms with E-state index in [1.807, 2.05) is 24.3 Å². The summed E-state index contributed by atoms with van der Waals surface area (Å²) in [5.41, 5.74) is 2.22. The van der Waals surface area contributed by atoms with Crippen LogP contribution in [0.4, 0.5) is 17.1 Å². The predicted molar refractivity (Wildman–Crippen MR) is 121 cm³/mol. The molecule has 1 heterocycles. The van der Waals surface area contributed by atoms with E-state index in [1.54, 1.807) is 19.2 Å². The number of nitro benzene ring substituents is 1. The van der Waals surface area contributed by atoms with Crippen LogP contribution < -0.4 is 10.6 Å². The van der Waals surface area contributed by atoms with E-state index in [0.29, 0.717) is 24.5 Å². The zero-order valence-corrected chi connectivity index (χ0v) is 18.0. The van der Waals surface area contributed by atoms with Crippen LogP contribution >= 0.6 is 0 Å². The summed E-state index contributed by atoms with van der Waals surface area (Å²) in [6.07, 6.45) is 0. The Morgan fingerprint density at radius 2 is 1.94 bits per heavy atom. The molecule has 0 unspecified atom stereocenters. The van der Waals surface area contributed by atoms with Gasteiger partial charge in [-0.3, -0.25) is 19.8 Å². The maximum Gasteiger partial charge on any atom is 0.293 e. The minimum Gasteiger partial charge on any atom is -0.383 e. The number of nitrogens with one attached hydrogen (secondary N) is 2. The molecule has 0 atom stereocenters. The van der Waals surface area contributed by atoms with E-state index in [0.717, 1.165) is 38.3 Å². The van der Waals surface area contributed by atoms with Crippen LogP contribution in [0.25, 0.3) is 0 Å². The van der Waals surface area contributed by atoms with Gasteiger partial charge in [-0.2, -0.15) is 0 Å². The second-order valence-corrected chi connectivity index (χ2v) is 7.64. The summed E-state index contributed by atoms with van der Waals surface area (Å²) in [4.78, 5) is 28.3. The highest BCUT2D eigenvalue weighted by molar-refractivity contribution is 6.05. The fourth-order valence-electron chi connectivity index (χ4n) is 3.48. The number of methoxy groups -OCH3 is 1. The summed E-state index contributed by atoms with van der Waals surface area (Å²) < 4.78 is 4.95. The molecule has 0 saturated carbocycles. The third-order valence-electron chi connectivity index (χ3n) is 5.27. The van der Waals surface area contributed by atoms with E-state index in [9.17, 15) is 14.9 Å². The normalized spacial score (nSPS) is 14.9. The van der Waals surface area contributed by atoms with Gasteiger partial charge in [0.15, 0.2) is 0 Å². The number of likely N-dealkylation sites (N-methyl/N-ethyl adjacent to an activating group) is 1. The molecule has 31 heavy (non-hydrogen) atoms. The Morgan fingerprint density at radius 3 is 2.65 bits per heavy atom. The highest BCUT2D eigenvalue weighted by Gasteiger charge is 2.18. The number of benzene rings is 2. The number of carbonyl (C=O) groups excluding carboxylic acids is 1. The van der Waals surface area contributed by atoms with Gasteiger partial charge in [0, 0.05) is 63.7 Å². The van der Waals surface area contributed by atoms with Crippen LogP contribution in [0.15, 0.2) is 42.5 Å². The molecular weight excluding hydrogens is 398 g/mol. The van der Waals surface area contributed by atoms with Gasteiger partial charge in [0.25, 0.3) is 11.6 Å². The molecule has 2 aromatic rings. The highest BCUT2D eigenvalue weighted by atomic mass is 16.6. The second kappa shape index (κ2) is 10.9. The number of hydrogen-bond acceptors (Lipinski definition) is 7. The van der Waals surface area contributed by atoms with E-state index in [-0.39, 0.29) is 17.2 Å². The minimum absolute atomic E-state index is 0.146. The number of ether oxygens (including phenoxy) is 1. The van der Waals surface area contributed by atoms with Crippen molar-refractivity contribution in [3.05, 3.63) is 63.7 Å². The van der Waals surface area contributed by atoms with Crippen molar-refractivity contribution in [1.29, 1.82) is 0 Å². The lowest BCUT2D eigenvalue weighted by molar-refractivity contribution is -0.384. The zero-order valence-electron chi connectivity index (χ0n) is 18.0. The molecular formula is C22H29N5O4. The van der Waals surface area contributed by atoms with Gasteiger partial charge < -0.3 is 20.3 Å². The lowest BCUT2D eigenvalue weighted by Crippen LogP contribution is -2.43. The Balaban J connectivity index is 1.66. The minimum atomic E-state index is -0.497. The lowest BCUT2D eigenvalue weighted by atomic mass is 10.1. The Kier molecular flexibility index (Phi) is 7.94. The lowest BCUT2D eigenvalue weighted by Gasteiger charge is -2.32. The number of anilines is 2. The summed E-state index contributed by atoms with van der Waals surface area (Å²) >= 11 is 0. The molecule has 1 saturated heterocycles. The fourth-order valence-corrected chi connectivity index (χ4v) is 3.48. The van der Waals surface area contributed by atoms with Crippen molar-refractivity contribution in [3.63, 3.8) is 0 Å². The van der Waals surface area contributed by atoms with Crippen LogP contribution in [0.5, 0.6) is 0 Å². The summed E-state index contributed by atoms with van der Waals surface area (Å²) in [5, 5.41) is 17.2. The monoisotopic (exact) mass is 427 g/mol. The van der Waals surface area contributed by atoms with Gasteiger partial charge in [-0.25, -0.2) is 0 Å². The van der Waals surface area contributed by atoms with Crippen LogP contribution in [-0.2, 0) is 11.3 Å². The molecule has 0 spiro atoms. The van der Waals surface area contributed by atoms with Crippen LogP contribution in [0.2, 0.25) is 0 Å². The molecule has 1 amide bonds. The van der Waals surface area contributed by atoms with Crippen molar-refractivity contribution in [1.82, 2.24) is 9.80 Å². The van der Waals surface area contributed by atoms with Gasteiger partial charge in [-0.05, 0) is 36.9 Å². The molecule has 9 heteroatoms. The molecule has 2 N–H and O–H groups in total. The summed E-state index contributed by atoms with van der Waals surface area (Å²) in [7, 11) is 3.68. The average molecular weight is 428 g/mol. The number of nitro groups is 1. The molecule has 1 aliphatic rings. The average Bonchev–Trinajstić information content (AvgIpc) is 2.76. The van der Waals surface area contributed by atoms with Crippen molar-refractivity contribution in [3.8, 4) is 0 Å². The van der Waals surface area contributed by atoms with Gasteiger partial charge >= 0.3 is 0 Å². The molecule has 9 nitrogen and oxygen atoms in total. The molecule has 0 aliphatic carbocycles. The first-order valence-electron chi connectivity index (χ1n) is 10.3. The molecule has 0 bridgehead atoms. The van der Waals surface area contributed by atoms with Crippen LogP contribution in [-0.4, -0.2) is 74.1 Å². The SMILES string of the molecule is COCCNc1ccc(C(=O)Nc2cccc(CN3CCN(C)CC3)c2)cc1[N+](=O)[O-]. The maximum atomic E-state index is 12.7. The molecule has 0 radical (unpaired) electrons. The predicted octanol–water partition coefficient (Wildman–Crippen LogP) is 2.65. The van der Waals surface area contributed by atoms with Gasteiger partial charge in [-0.1, -0.05) is 12.1 Å². The van der Waals surface area contributed by atoms with Crippen molar-refractivity contribution in [2.75, 3.05) is 64.1 Å². The number of piperazine rings is 1. The van der Waals surface area contributed by atoms with E-state index in [1.165, 1.54) is 6.07 Å². The maximum absolute atomic E-state index is 12.7. The first-order chi connectivity index (χ1) is 15.0. The van der Waals surface area contributed by atoms with E-state index in [4.69, 9.17) is 4.74 Å². The number of hydrogen-bond donors (Lipinski definition) is 2. The number of rotatable bonds is 9. The molecule has 1 fully saturated rings. The quantitative estimate of drug-likeness (QED) is 0.360. The Hall–Kier alpha value is -3.01. The fraction of sp³-hybridized carbons (Fsp3) is 0.409. The Bertz CT molecular complexity index is 913. The molecule has 0 aromatic heterocycles. The van der Waals surface area contributed by atoms with Gasteiger partial charge in [-0.15, -0.1) is 0 Å². The number of nitrogens with zero attached hydrogens (tertiary/aromatic N) is 3. The Labute approximate surface area is 182 Å². The largest absolute Gasteiger partial charge is 0.383 e. The summed E-state index contributed by atoms with van der Waals surface area (Å²) in [6, 6.07) is 12.1. The molecule has 1 aliphatic heterocycles. The van der Waals surface area contributed by atoms with Crippen molar-refractivity contribution in [2.45, 2.75) is 6.54 Å². The second-order valence-electron chi connectivity index (χ2n) is 7.64. The van der Waals surface area contributed by atoms with Crippen LogP contribution in [0.3, 0.4) is 0 Å². The van der Waals surface area contributed by atoms with Crippen molar-refractivity contribution < 1.29 is 14.5 Å². The standard InChI is InChI=1S/C22H29N5O4/c1-25-9-11-26(12-10-25)16-17-4-3-5-19(14-17)24-22(28)18-6-7-20(23-8-13-31-2)21(15-18)27(29)30/h3-7,14-15,23H,8-13,16H2,1-2H3,(H,24,28). The van der Waals surface area contributed by atoms with Crippen molar-refractivity contribution >= 4 is 23.0 Å². The molecule has 2 aromatic carbocycles. The number of carbonyl (C=O) groups is 1.